The van der Waals surface area contributed by atoms with Crippen LogP contribution in [0.4, 0.5) is 11.6 Å². The van der Waals surface area contributed by atoms with Crippen molar-refractivity contribution in [3.63, 3.8) is 0 Å². The highest BCUT2D eigenvalue weighted by Gasteiger charge is 2.11. The number of hydrogen-bond donors (Lipinski definition) is 3. The molecule has 3 N–H and O–H groups in total. The van der Waals surface area contributed by atoms with E-state index in [1.807, 2.05) is 37.3 Å². The van der Waals surface area contributed by atoms with E-state index in [0.29, 0.717) is 41.1 Å². The number of carbonyl (C=O) groups excluding carboxylic acids is 1. The quantitative estimate of drug-likeness (QED) is 0.271. The molecule has 0 aromatic carbocycles. The molecule has 0 aliphatic heterocycles. The maximum absolute atomic E-state index is 12.7. The number of aromatic nitrogens is 7. The van der Waals surface area contributed by atoms with Gasteiger partial charge in [0.1, 0.15) is 23.2 Å². The van der Waals surface area contributed by atoms with Crippen molar-refractivity contribution in [3.8, 4) is 22.6 Å². The standard InChI is InChI=1S/C27H24N10O/c1-17-10-23(35-25-16-32-24(36-25)15-28-2)37-26(34-17)20-6-8-22(31-14-20)27(38)33-12-18-5-7-21(30-11-18)19-4-3-9-29-13-19/h3-11,13-16H,12H2,1-2H3,(H,32,36)(H,33,38)(H,34,35,37). The van der Waals surface area contributed by atoms with Crippen molar-refractivity contribution in [3.05, 3.63) is 96.2 Å². The topological polar surface area (TPSA) is 147 Å². The number of aliphatic imine (C=N–C) groups is 1. The van der Waals surface area contributed by atoms with E-state index in [1.54, 1.807) is 56.4 Å². The summed E-state index contributed by atoms with van der Waals surface area (Å²) < 4.78 is 0. The number of anilines is 2. The molecule has 0 fully saturated rings. The van der Waals surface area contributed by atoms with Gasteiger partial charge in [-0.1, -0.05) is 6.07 Å². The number of imidazole rings is 1. The van der Waals surface area contributed by atoms with Gasteiger partial charge in [0.15, 0.2) is 5.82 Å². The van der Waals surface area contributed by atoms with Crippen molar-refractivity contribution >= 4 is 23.8 Å². The van der Waals surface area contributed by atoms with Crippen molar-refractivity contribution in [2.75, 3.05) is 12.4 Å². The predicted molar refractivity (Wildman–Crippen MR) is 144 cm³/mol. The first-order valence-electron chi connectivity index (χ1n) is 11.8. The fourth-order valence-electron chi connectivity index (χ4n) is 3.64. The number of nitrogens with zero attached hydrogens (tertiary/aromatic N) is 7. The van der Waals surface area contributed by atoms with Crippen LogP contribution in [0.15, 0.2) is 78.4 Å². The van der Waals surface area contributed by atoms with Gasteiger partial charge in [0.05, 0.1) is 18.1 Å². The van der Waals surface area contributed by atoms with E-state index in [1.165, 1.54) is 0 Å². The molecule has 0 aliphatic rings. The Balaban J connectivity index is 1.22. The number of amides is 1. The average Bonchev–Trinajstić information content (AvgIpc) is 3.39. The minimum atomic E-state index is -0.286. The second-order valence-electron chi connectivity index (χ2n) is 8.32. The fraction of sp³-hybridized carbons (Fsp3) is 0.111. The Morgan fingerprint density at radius 2 is 1.92 bits per heavy atom. The van der Waals surface area contributed by atoms with Crippen molar-refractivity contribution in [2.45, 2.75) is 13.5 Å². The summed E-state index contributed by atoms with van der Waals surface area (Å²) in [6.45, 7) is 2.21. The average molecular weight is 505 g/mol. The summed E-state index contributed by atoms with van der Waals surface area (Å²) in [7, 11) is 1.68. The molecule has 1 amide bonds. The van der Waals surface area contributed by atoms with Crippen LogP contribution in [-0.4, -0.2) is 54.1 Å². The third-order valence-electron chi connectivity index (χ3n) is 5.45. The fourth-order valence-corrected chi connectivity index (χ4v) is 3.64. The maximum atomic E-state index is 12.7. The molecule has 0 saturated carbocycles. The number of nitrogens with one attached hydrogen (secondary N) is 3. The number of H-pyrrole nitrogens is 1. The molecular weight excluding hydrogens is 480 g/mol. The van der Waals surface area contributed by atoms with Gasteiger partial charge in [-0.15, -0.1) is 0 Å². The number of rotatable bonds is 8. The van der Waals surface area contributed by atoms with Crippen molar-refractivity contribution in [1.82, 2.24) is 40.2 Å². The van der Waals surface area contributed by atoms with E-state index in [4.69, 9.17) is 0 Å². The molecule has 5 heterocycles. The summed E-state index contributed by atoms with van der Waals surface area (Å²) in [6.07, 6.45) is 10.1. The third kappa shape index (κ3) is 5.90. The number of carbonyl (C=O) groups is 1. The summed E-state index contributed by atoms with van der Waals surface area (Å²) in [5, 5.41) is 6.06. The van der Waals surface area contributed by atoms with Crippen LogP contribution in [0.5, 0.6) is 0 Å². The zero-order chi connectivity index (χ0) is 26.3. The van der Waals surface area contributed by atoms with Gasteiger partial charge in [-0.2, -0.15) is 0 Å². The summed E-state index contributed by atoms with van der Waals surface area (Å²) in [6, 6.07) is 12.9. The first kappa shape index (κ1) is 24.4. The highest BCUT2D eigenvalue weighted by atomic mass is 16.1. The van der Waals surface area contributed by atoms with Crippen LogP contribution in [0.25, 0.3) is 22.6 Å². The van der Waals surface area contributed by atoms with Gasteiger partial charge >= 0.3 is 0 Å². The minimum absolute atomic E-state index is 0.286. The van der Waals surface area contributed by atoms with Gasteiger partial charge < -0.3 is 15.6 Å². The molecule has 0 radical (unpaired) electrons. The van der Waals surface area contributed by atoms with E-state index < -0.39 is 0 Å². The van der Waals surface area contributed by atoms with Crippen LogP contribution in [0.3, 0.4) is 0 Å². The first-order chi connectivity index (χ1) is 18.6. The highest BCUT2D eigenvalue weighted by molar-refractivity contribution is 5.92. The van der Waals surface area contributed by atoms with E-state index in [2.05, 4.69) is 50.5 Å². The molecule has 5 aromatic heterocycles. The molecule has 11 heteroatoms. The second kappa shape index (κ2) is 11.2. The van der Waals surface area contributed by atoms with E-state index in [-0.39, 0.29) is 5.91 Å². The Kier molecular flexibility index (Phi) is 7.16. The van der Waals surface area contributed by atoms with Gasteiger partial charge in [0.2, 0.25) is 0 Å². The minimum Gasteiger partial charge on any atom is -0.347 e. The zero-order valence-electron chi connectivity index (χ0n) is 20.8. The van der Waals surface area contributed by atoms with Gasteiger partial charge in [0.25, 0.3) is 5.91 Å². The lowest BCUT2D eigenvalue weighted by molar-refractivity contribution is 0.0946. The summed E-state index contributed by atoms with van der Waals surface area (Å²) >= 11 is 0. The molecule has 0 atom stereocenters. The van der Waals surface area contributed by atoms with Gasteiger partial charge in [-0.05, 0) is 42.8 Å². The number of hydrogen-bond acceptors (Lipinski definition) is 9. The molecule has 5 aromatic rings. The molecule has 0 spiro atoms. The van der Waals surface area contributed by atoms with Crippen LogP contribution in [0.1, 0.15) is 27.6 Å². The lowest BCUT2D eigenvalue weighted by Crippen LogP contribution is -2.23. The molecule has 0 bridgehead atoms. The Hall–Kier alpha value is -5.32. The largest absolute Gasteiger partial charge is 0.347 e. The summed E-state index contributed by atoms with van der Waals surface area (Å²) in [5.41, 5.74) is 4.39. The van der Waals surface area contributed by atoms with Crippen LogP contribution in [-0.2, 0) is 6.54 Å². The molecule has 5 rings (SSSR count). The Labute approximate surface area is 218 Å². The lowest BCUT2D eigenvalue weighted by Gasteiger charge is -2.08. The van der Waals surface area contributed by atoms with Crippen LogP contribution in [0, 0.1) is 6.92 Å². The maximum Gasteiger partial charge on any atom is 0.270 e. The Morgan fingerprint density at radius 1 is 1.00 bits per heavy atom. The Bertz CT molecular complexity index is 1560. The van der Waals surface area contributed by atoms with Crippen molar-refractivity contribution < 1.29 is 4.79 Å². The monoisotopic (exact) mass is 504 g/mol. The zero-order valence-corrected chi connectivity index (χ0v) is 20.8. The third-order valence-corrected chi connectivity index (χ3v) is 5.45. The number of aromatic amines is 1. The normalized spacial score (nSPS) is 11.0. The first-order valence-corrected chi connectivity index (χ1v) is 11.8. The molecule has 0 unspecified atom stereocenters. The van der Waals surface area contributed by atoms with Crippen molar-refractivity contribution in [2.24, 2.45) is 4.99 Å². The van der Waals surface area contributed by atoms with Crippen molar-refractivity contribution in [1.29, 1.82) is 0 Å². The smallest absolute Gasteiger partial charge is 0.270 e. The lowest BCUT2D eigenvalue weighted by atomic mass is 10.1. The molecule has 0 saturated heterocycles. The molecular formula is C27H24N10O. The molecule has 0 aliphatic carbocycles. The molecule has 38 heavy (non-hydrogen) atoms. The highest BCUT2D eigenvalue weighted by Crippen LogP contribution is 2.20. The van der Waals surface area contributed by atoms with E-state index in [9.17, 15) is 4.79 Å². The van der Waals surface area contributed by atoms with Gasteiger partial charge in [-0.25, -0.2) is 15.0 Å². The molecule has 188 valence electrons. The van der Waals surface area contributed by atoms with Crippen LogP contribution < -0.4 is 10.6 Å². The molecule has 11 nitrogen and oxygen atoms in total. The van der Waals surface area contributed by atoms with E-state index >= 15 is 0 Å². The summed E-state index contributed by atoms with van der Waals surface area (Å²) in [5.74, 6) is 2.11. The van der Waals surface area contributed by atoms with Crippen LogP contribution in [0.2, 0.25) is 0 Å². The number of aryl methyl sites for hydroxylation is 1. The Morgan fingerprint density at radius 3 is 2.66 bits per heavy atom. The van der Waals surface area contributed by atoms with E-state index in [0.717, 1.165) is 22.5 Å². The number of pyridine rings is 3. The SMILES string of the molecule is CN=Cc1ncc(Nc2cc(C)nc(-c3ccc(C(=O)NCc4ccc(-c5cccnc5)nc4)nc3)n2)[nH]1. The summed E-state index contributed by atoms with van der Waals surface area (Å²) in [4.78, 5) is 45.9. The van der Waals surface area contributed by atoms with Crippen LogP contribution >= 0.6 is 0 Å². The van der Waals surface area contributed by atoms with Gasteiger partial charge in [-0.3, -0.25) is 24.7 Å². The van der Waals surface area contributed by atoms with Gasteiger partial charge in [0, 0.05) is 61.3 Å². The second-order valence-corrected chi connectivity index (χ2v) is 8.32. The predicted octanol–water partition coefficient (Wildman–Crippen LogP) is 3.75.